The lowest BCUT2D eigenvalue weighted by Gasteiger charge is -2.10. The number of anilines is 1. The van der Waals surface area contributed by atoms with Gasteiger partial charge in [0, 0.05) is 10.7 Å². The summed E-state index contributed by atoms with van der Waals surface area (Å²) in [5.41, 5.74) is 9.07. The third-order valence-electron chi connectivity index (χ3n) is 2.12. The van der Waals surface area contributed by atoms with Crippen molar-refractivity contribution in [2.45, 2.75) is 26.7 Å². The number of halogens is 1. The molecular formula is C10H14ClN. The second-order valence-electron chi connectivity index (χ2n) is 2.80. The first-order valence-corrected chi connectivity index (χ1v) is 4.64. The van der Waals surface area contributed by atoms with Crippen molar-refractivity contribution in [1.82, 2.24) is 0 Å². The minimum absolute atomic E-state index is 0.837. The van der Waals surface area contributed by atoms with Crippen LogP contribution in [-0.4, -0.2) is 0 Å². The smallest absolute Gasteiger partial charge is 0.0442 e. The van der Waals surface area contributed by atoms with Crippen LogP contribution < -0.4 is 5.73 Å². The van der Waals surface area contributed by atoms with Gasteiger partial charge in [-0.05, 0) is 36.1 Å². The van der Waals surface area contributed by atoms with Crippen molar-refractivity contribution in [3.63, 3.8) is 0 Å². The van der Waals surface area contributed by atoms with E-state index >= 15 is 0 Å². The first-order valence-electron chi connectivity index (χ1n) is 4.26. The van der Waals surface area contributed by atoms with E-state index in [4.69, 9.17) is 17.3 Å². The minimum atomic E-state index is 0.837. The number of nitrogens with two attached hydrogens (primary N) is 1. The summed E-state index contributed by atoms with van der Waals surface area (Å²) in [6.07, 6.45) is 1.91. The van der Waals surface area contributed by atoms with Crippen molar-refractivity contribution in [2.24, 2.45) is 0 Å². The summed E-state index contributed by atoms with van der Waals surface area (Å²) in [5, 5.41) is 0.837. The largest absolute Gasteiger partial charge is 0.398 e. The molecule has 1 aromatic carbocycles. The fourth-order valence-electron chi connectivity index (χ4n) is 1.48. The van der Waals surface area contributed by atoms with Gasteiger partial charge in [-0.1, -0.05) is 25.4 Å². The SMILES string of the molecule is CCc1c(N)ccc(Cl)c1CC. The van der Waals surface area contributed by atoms with E-state index in [2.05, 4.69) is 13.8 Å². The molecule has 2 N–H and O–H groups in total. The molecule has 1 rings (SSSR count). The van der Waals surface area contributed by atoms with Crippen LogP contribution in [-0.2, 0) is 12.8 Å². The third-order valence-corrected chi connectivity index (χ3v) is 2.47. The summed E-state index contributed by atoms with van der Waals surface area (Å²) in [4.78, 5) is 0. The van der Waals surface area contributed by atoms with Gasteiger partial charge in [0.15, 0.2) is 0 Å². The van der Waals surface area contributed by atoms with Crippen molar-refractivity contribution in [1.29, 1.82) is 0 Å². The van der Waals surface area contributed by atoms with Crippen molar-refractivity contribution >= 4 is 17.3 Å². The summed E-state index contributed by atoms with van der Waals surface area (Å²) in [5.74, 6) is 0. The van der Waals surface area contributed by atoms with E-state index in [0.717, 1.165) is 23.6 Å². The predicted molar refractivity (Wildman–Crippen MR) is 54.6 cm³/mol. The zero-order chi connectivity index (χ0) is 9.14. The van der Waals surface area contributed by atoms with Crippen LogP contribution in [0.1, 0.15) is 25.0 Å². The van der Waals surface area contributed by atoms with E-state index in [0.29, 0.717) is 0 Å². The number of hydrogen-bond acceptors (Lipinski definition) is 1. The quantitative estimate of drug-likeness (QED) is 0.701. The average molecular weight is 184 g/mol. The average Bonchev–Trinajstić information content (AvgIpc) is 2.08. The van der Waals surface area contributed by atoms with Gasteiger partial charge in [0.05, 0.1) is 0 Å². The Morgan fingerprint density at radius 2 is 1.75 bits per heavy atom. The molecule has 0 aliphatic carbocycles. The number of hydrogen-bond donors (Lipinski definition) is 1. The molecule has 12 heavy (non-hydrogen) atoms. The zero-order valence-electron chi connectivity index (χ0n) is 7.52. The van der Waals surface area contributed by atoms with Crippen molar-refractivity contribution in [2.75, 3.05) is 5.73 Å². The molecule has 1 aromatic rings. The minimum Gasteiger partial charge on any atom is -0.398 e. The zero-order valence-corrected chi connectivity index (χ0v) is 8.28. The van der Waals surface area contributed by atoms with Gasteiger partial charge in [0.2, 0.25) is 0 Å². The fraction of sp³-hybridized carbons (Fsp3) is 0.400. The summed E-state index contributed by atoms with van der Waals surface area (Å²) in [7, 11) is 0. The number of nitrogen functional groups attached to an aromatic ring is 1. The van der Waals surface area contributed by atoms with E-state index in [1.165, 1.54) is 11.1 Å². The van der Waals surface area contributed by atoms with Gasteiger partial charge < -0.3 is 5.73 Å². The Hall–Kier alpha value is -0.690. The van der Waals surface area contributed by atoms with Gasteiger partial charge in [0.25, 0.3) is 0 Å². The molecule has 0 saturated heterocycles. The first-order chi connectivity index (χ1) is 5.70. The molecule has 0 amide bonds. The molecule has 1 nitrogen and oxygen atoms in total. The summed E-state index contributed by atoms with van der Waals surface area (Å²) in [6.45, 7) is 4.20. The molecule has 0 aliphatic heterocycles. The molecule has 0 aliphatic rings. The molecule has 0 atom stereocenters. The molecule has 0 heterocycles. The molecule has 0 bridgehead atoms. The topological polar surface area (TPSA) is 26.0 Å². The Labute approximate surface area is 78.5 Å². The molecule has 0 fully saturated rings. The summed E-state index contributed by atoms with van der Waals surface area (Å²) >= 11 is 6.02. The van der Waals surface area contributed by atoms with Gasteiger partial charge in [0.1, 0.15) is 0 Å². The predicted octanol–water partition coefficient (Wildman–Crippen LogP) is 3.05. The Balaban J connectivity index is 3.28. The molecule has 0 spiro atoms. The van der Waals surface area contributed by atoms with Gasteiger partial charge in [-0.2, -0.15) is 0 Å². The number of rotatable bonds is 2. The molecule has 0 saturated carbocycles. The van der Waals surface area contributed by atoms with Crippen LogP contribution in [0, 0.1) is 0 Å². The first kappa shape index (κ1) is 9.40. The highest BCUT2D eigenvalue weighted by atomic mass is 35.5. The fourth-order valence-corrected chi connectivity index (χ4v) is 1.79. The van der Waals surface area contributed by atoms with E-state index in [1.54, 1.807) is 0 Å². The highest BCUT2D eigenvalue weighted by Gasteiger charge is 2.06. The van der Waals surface area contributed by atoms with Crippen molar-refractivity contribution in [3.05, 3.63) is 28.3 Å². The third kappa shape index (κ3) is 1.56. The Morgan fingerprint density at radius 3 is 2.17 bits per heavy atom. The van der Waals surface area contributed by atoms with E-state index in [9.17, 15) is 0 Å². The van der Waals surface area contributed by atoms with Gasteiger partial charge >= 0.3 is 0 Å². The van der Waals surface area contributed by atoms with Crippen LogP contribution in [0.4, 0.5) is 5.69 Å². The lowest BCUT2D eigenvalue weighted by molar-refractivity contribution is 1.04. The van der Waals surface area contributed by atoms with E-state index in [1.807, 2.05) is 12.1 Å². The van der Waals surface area contributed by atoms with Crippen LogP contribution in [0.2, 0.25) is 5.02 Å². The monoisotopic (exact) mass is 183 g/mol. The molecule has 66 valence electrons. The standard InChI is InChI=1S/C10H14ClN/c1-3-7-8(4-2)10(12)6-5-9(7)11/h5-6H,3-4,12H2,1-2H3. The Kier molecular flexibility index (Phi) is 2.99. The van der Waals surface area contributed by atoms with Crippen LogP contribution >= 0.6 is 11.6 Å². The maximum absolute atomic E-state index is 6.02. The van der Waals surface area contributed by atoms with Crippen LogP contribution in [0.5, 0.6) is 0 Å². The second-order valence-corrected chi connectivity index (χ2v) is 3.21. The highest BCUT2D eigenvalue weighted by molar-refractivity contribution is 6.31. The van der Waals surface area contributed by atoms with E-state index in [-0.39, 0.29) is 0 Å². The van der Waals surface area contributed by atoms with Crippen molar-refractivity contribution in [3.8, 4) is 0 Å². The maximum atomic E-state index is 6.02. The molecule has 0 unspecified atom stereocenters. The van der Waals surface area contributed by atoms with Crippen LogP contribution in [0.15, 0.2) is 12.1 Å². The Bertz CT molecular complexity index is 252. The number of benzene rings is 1. The lowest BCUT2D eigenvalue weighted by atomic mass is 10.0. The molecule has 0 radical (unpaired) electrons. The van der Waals surface area contributed by atoms with Gasteiger partial charge in [-0.3, -0.25) is 0 Å². The maximum Gasteiger partial charge on any atom is 0.0442 e. The normalized spacial score (nSPS) is 10.2. The van der Waals surface area contributed by atoms with Crippen molar-refractivity contribution < 1.29 is 0 Å². The van der Waals surface area contributed by atoms with Crippen LogP contribution in [0.25, 0.3) is 0 Å². The molecule has 2 heteroatoms. The van der Waals surface area contributed by atoms with Gasteiger partial charge in [-0.25, -0.2) is 0 Å². The van der Waals surface area contributed by atoms with E-state index < -0.39 is 0 Å². The summed E-state index contributed by atoms with van der Waals surface area (Å²) in [6, 6.07) is 3.75. The Morgan fingerprint density at radius 1 is 1.17 bits per heavy atom. The lowest BCUT2D eigenvalue weighted by Crippen LogP contribution is -1.98. The second kappa shape index (κ2) is 3.81. The molecular weight excluding hydrogens is 170 g/mol. The summed E-state index contributed by atoms with van der Waals surface area (Å²) < 4.78 is 0. The van der Waals surface area contributed by atoms with Crippen LogP contribution in [0.3, 0.4) is 0 Å². The highest BCUT2D eigenvalue weighted by Crippen LogP contribution is 2.25. The molecule has 0 aromatic heterocycles. The van der Waals surface area contributed by atoms with Gasteiger partial charge in [-0.15, -0.1) is 0 Å².